The van der Waals surface area contributed by atoms with Gasteiger partial charge in [0, 0.05) is 6.42 Å². The molecule has 0 aromatic heterocycles. The fourth-order valence-corrected chi connectivity index (χ4v) is 6.65. The van der Waals surface area contributed by atoms with Gasteiger partial charge in [-0.05, 0) is 60.3 Å². The Morgan fingerprint density at radius 1 is 0.683 bits per heavy atom. The third-order valence-electron chi connectivity index (χ3n) is 11.7. The van der Waals surface area contributed by atoms with Gasteiger partial charge in [-0.25, -0.2) is 9.59 Å². The number of nitrogens with one attached hydrogen (secondary N) is 1. The van der Waals surface area contributed by atoms with E-state index in [4.69, 9.17) is 34.3 Å². The zero-order valence-corrected chi connectivity index (χ0v) is 38.4. The molecule has 0 aliphatic heterocycles. The third-order valence-corrected chi connectivity index (χ3v) is 12.5. The van der Waals surface area contributed by atoms with Crippen LogP contribution in [0, 0.1) is 21.7 Å². The molecule has 0 aromatic carbocycles. The Bertz CT molecular complexity index is 1630. The molecule has 3 unspecified atom stereocenters. The first-order valence-corrected chi connectivity index (χ1v) is 21.6. The second-order valence-electron chi connectivity index (χ2n) is 18.0. The van der Waals surface area contributed by atoms with E-state index in [2.05, 4.69) is 5.32 Å². The van der Waals surface area contributed by atoms with E-state index in [-0.39, 0.29) is 61.0 Å². The molecule has 21 heteroatoms. The normalized spacial score (nSPS) is 16.4. The van der Waals surface area contributed by atoms with E-state index < -0.39 is 105 Å². The summed E-state index contributed by atoms with van der Waals surface area (Å²) in [5.41, 5.74) is 0.625. The van der Waals surface area contributed by atoms with E-state index >= 15 is 0 Å². The molecule has 0 spiro atoms. The molecule has 60 heavy (non-hydrogen) atoms. The van der Waals surface area contributed by atoms with Crippen molar-refractivity contribution in [3.63, 3.8) is 0 Å². The molecule has 0 fully saturated rings. The first-order valence-electron chi connectivity index (χ1n) is 20.0. The molecule has 0 bridgehead atoms. The summed E-state index contributed by atoms with van der Waals surface area (Å²) in [4.78, 5) is 89.6. The van der Waals surface area contributed by atoms with Crippen LogP contribution in [-0.4, -0.2) is 173 Å². The van der Waals surface area contributed by atoms with E-state index in [1.807, 2.05) is 0 Å². The van der Waals surface area contributed by atoms with Crippen LogP contribution in [0.25, 0.3) is 0 Å². The van der Waals surface area contributed by atoms with E-state index in [1.165, 1.54) is 20.8 Å². The number of rotatable bonds is 29. The number of likely N-dealkylation sites (N-methyl/N-ethyl adjacent to an activating group) is 2. The highest BCUT2D eigenvalue weighted by atomic mass is 32.2. The summed E-state index contributed by atoms with van der Waals surface area (Å²) in [7, 11) is 2.85. The van der Waals surface area contributed by atoms with Crippen LogP contribution in [0.2, 0.25) is 0 Å². The van der Waals surface area contributed by atoms with E-state index in [9.17, 15) is 47.1 Å². The number of carbonyl (C=O) groups excluding carboxylic acids is 5. The van der Waals surface area contributed by atoms with Gasteiger partial charge in [-0.3, -0.25) is 28.5 Å². The molecule has 0 saturated carbocycles. The highest BCUT2D eigenvalue weighted by Crippen LogP contribution is 2.44. The molecule has 0 heterocycles. The lowest BCUT2D eigenvalue weighted by Gasteiger charge is -2.39. The zero-order valence-electron chi connectivity index (χ0n) is 37.6. The van der Waals surface area contributed by atoms with Crippen molar-refractivity contribution in [2.24, 2.45) is 27.4 Å². The Morgan fingerprint density at radius 3 is 1.60 bits per heavy atom. The van der Waals surface area contributed by atoms with Gasteiger partial charge >= 0.3 is 35.8 Å². The number of ether oxygens (including phenoxy) is 4. The molecule has 0 rings (SSSR count). The Kier molecular flexibility index (Phi) is 21.3. The third kappa shape index (κ3) is 17.6. The van der Waals surface area contributed by atoms with Gasteiger partial charge in [-0.15, -0.1) is 0 Å². The van der Waals surface area contributed by atoms with Gasteiger partial charge in [0.15, 0.2) is 12.6 Å². The molecular weight excluding hydrogens is 813 g/mol. The quantitative estimate of drug-likeness (QED) is 0.0306. The summed E-state index contributed by atoms with van der Waals surface area (Å²) < 4.78 is 53.2. The minimum Gasteiger partial charge on any atom is -0.480 e. The average molecular weight is 885 g/mol. The summed E-state index contributed by atoms with van der Waals surface area (Å²) in [5.74, 6) is -7.01. The average Bonchev–Trinajstić information content (AvgIpc) is 3.12. The number of quaternary nitrogens is 2. The first-order chi connectivity index (χ1) is 27.2. The van der Waals surface area contributed by atoms with E-state index in [1.54, 1.807) is 62.8 Å². The Labute approximate surface area is 354 Å². The molecule has 5 atom stereocenters. The van der Waals surface area contributed by atoms with Gasteiger partial charge in [-0.2, -0.15) is 8.42 Å². The standard InChI is InChI=1S/C39H70N4O16S/c1-13-37(6,33(50)57-21-19-43(11,12)23-29(44)45)26-38(7,14-2)34(51)58-24-27(40)30(46)41-28(31(47)48)25-59-35(52)39(8,15-3)36(4,5)32(49)56-20-18-42(9,10)17-16-22-60(53,54)55/h27-28H,13-26,40H2,1-12H3,(H2-2,41,44,45,46,47,48,53,54,55)/p+2/t27-,28-,37?,38?,39?/m0/s1. The summed E-state index contributed by atoms with van der Waals surface area (Å²) >= 11 is 0. The van der Waals surface area contributed by atoms with Gasteiger partial charge in [0.2, 0.25) is 5.91 Å². The predicted octanol–water partition coefficient (Wildman–Crippen LogP) is 1.24. The highest BCUT2D eigenvalue weighted by molar-refractivity contribution is 7.85. The first kappa shape index (κ1) is 56.1. The molecule has 348 valence electrons. The number of carboxylic acid groups (broad SMARTS) is 2. The molecular formula is C39H72N4O16S+2. The summed E-state index contributed by atoms with van der Waals surface area (Å²) in [6.07, 6.45) is 0.800. The van der Waals surface area contributed by atoms with Crippen molar-refractivity contribution in [3.05, 3.63) is 0 Å². The van der Waals surface area contributed by atoms with Gasteiger partial charge in [-0.1, -0.05) is 20.8 Å². The zero-order chi connectivity index (χ0) is 47.1. The number of hydrogen-bond acceptors (Lipinski definition) is 14. The van der Waals surface area contributed by atoms with Crippen molar-refractivity contribution in [2.75, 3.05) is 86.6 Å². The topological polar surface area (TPSA) is 289 Å². The minimum absolute atomic E-state index is 0.0105. The van der Waals surface area contributed by atoms with E-state index in [0.717, 1.165) is 0 Å². The SMILES string of the molecule is CCC(C)(CC(C)(CC)C(=O)OC[C@H](N)C(=O)N[C@@H](COC(=O)C(C)(CC)C(C)(C)C(=O)OCC[N+](C)(C)CCCS(=O)(=O)O)C(=O)O)C(=O)OCC[N+](C)(C)CC(=O)O. The van der Waals surface area contributed by atoms with Crippen molar-refractivity contribution >= 4 is 51.8 Å². The Balaban J connectivity index is 5.50. The van der Waals surface area contributed by atoms with Crippen molar-refractivity contribution < 1.29 is 84.7 Å². The summed E-state index contributed by atoms with van der Waals surface area (Å²) in [6, 6.07) is -3.31. The minimum atomic E-state index is -4.11. The van der Waals surface area contributed by atoms with Gasteiger partial charge < -0.3 is 49.2 Å². The molecule has 0 saturated heterocycles. The monoisotopic (exact) mass is 884 g/mol. The van der Waals surface area contributed by atoms with Crippen LogP contribution in [0.3, 0.4) is 0 Å². The maximum absolute atomic E-state index is 13.5. The molecule has 1 amide bonds. The molecule has 0 aliphatic carbocycles. The number of nitrogens with two attached hydrogens (primary N) is 1. The highest BCUT2D eigenvalue weighted by Gasteiger charge is 2.53. The number of hydrogen-bond donors (Lipinski definition) is 5. The maximum Gasteiger partial charge on any atom is 0.359 e. The number of esters is 4. The van der Waals surface area contributed by atoms with Crippen molar-refractivity contribution in [1.29, 1.82) is 0 Å². The molecule has 6 N–H and O–H groups in total. The van der Waals surface area contributed by atoms with Crippen LogP contribution in [0.4, 0.5) is 0 Å². The van der Waals surface area contributed by atoms with Gasteiger partial charge in [0.1, 0.15) is 45.6 Å². The van der Waals surface area contributed by atoms with Crippen LogP contribution < -0.4 is 11.1 Å². The molecule has 0 radical (unpaired) electrons. The van der Waals surface area contributed by atoms with Crippen LogP contribution >= 0.6 is 0 Å². The molecule has 0 aliphatic rings. The van der Waals surface area contributed by atoms with E-state index in [0.29, 0.717) is 19.5 Å². The van der Waals surface area contributed by atoms with Crippen molar-refractivity contribution in [3.8, 4) is 0 Å². The molecule has 20 nitrogen and oxygen atoms in total. The van der Waals surface area contributed by atoms with Crippen LogP contribution in [0.15, 0.2) is 0 Å². The fourth-order valence-electron chi connectivity index (χ4n) is 6.16. The summed E-state index contributed by atoms with van der Waals surface area (Å²) in [6.45, 7) is 11.9. The number of amides is 1. The molecule has 0 aromatic rings. The summed E-state index contributed by atoms with van der Waals surface area (Å²) in [5, 5.41) is 21.1. The fraction of sp³-hybridized carbons (Fsp3) is 0.821. The second kappa shape index (κ2) is 22.8. The van der Waals surface area contributed by atoms with Crippen molar-refractivity contribution in [2.45, 2.75) is 99.6 Å². The number of carboxylic acids is 2. The number of carbonyl (C=O) groups is 7. The van der Waals surface area contributed by atoms with Gasteiger partial charge in [0.05, 0.1) is 62.1 Å². The maximum atomic E-state index is 13.5. The Hall–Kier alpha value is -3.92. The second-order valence-corrected chi connectivity index (χ2v) is 19.6. The smallest absolute Gasteiger partial charge is 0.359 e. The van der Waals surface area contributed by atoms with Crippen molar-refractivity contribution in [1.82, 2.24) is 5.32 Å². The van der Waals surface area contributed by atoms with Crippen LogP contribution in [-0.2, 0) is 62.6 Å². The number of aliphatic carboxylic acids is 2. The lowest BCUT2D eigenvalue weighted by atomic mass is 9.65. The van der Waals surface area contributed by atoms with Crippen LogP contribution in [0.1, 0.15) is 87.5 Å². The largest absolute Gasteiger partial charge is 0.480 e. The van der Waals surface area contributed by atoms with Crippen LogP contribution in [0.5, 0.6) is 0 Å². The lowest BCUT2D eigenvalue weighted by molar-refractivity contribution is -0.890. The lowest BCUT2D eigenvalue weighted by Crippen LogP contribution is -2.53. The predicted molar refractivity (Wildman–Crippen MR) is 217 cm³/mol. The Morgan fingerprint density at radius 2 is 1.15 bits per heavy atom. The number of nitrogens with zero attached hydrogens (tertiary/aromatic N) is 2. The van der Waals surface area contributed by atoms with Gasteiger partial charge in [0.25, 0.3) is 10.1 Å².